The highest BCUT2D eigenvalue weighted by molar-refractivity contribution is 6.10. The Labute approximate surface area is 709 Å². The largest absolute Gasteiger partial charge is 0.491 e. The maximum Gasteiger partial charge on any atom is 0.255 e. The summed E-state index contributed by atoms with van der Waals surface area (Å²) in [6.45, 7) is 18.6. The summed E-state index contributed by atoms with van der Waals surface area (Å²) in [5.41, 5.74) is 6.98. The minimum atomic E-state index is -0.675. The van der Waals surface area contributed by atoms with Crippen molar-refractivity contribution in [3.63, 3.8) is 0 Å². The highest BCUT2D eigenvalue weighted by Gasteiger charge is 2.31. The maximum atomic E-state index is 14.2. The number of pyridine rings is 2. The van der Waals surface area contributed by atoms with Gasteiger partial charge in [0.1, 0.15) is 42.0 Å². The molecule has 2 heterocycles. The summed E-state index contributed by atoms with van der Waals surface area (Å²) in [5, 5.41) is 43.9. The van der Waals surface area contributed by atoms with Crippen molar-refractivity contribution >= 4 is 103 Å². The van der Waals surface area contributed by atoms with Crippen molar-refractivity contribution in [3.05, 3.63) is 227 Å². The van der Waals surface area contributed by atoms with Gasteiger partial charge >= 0.3 is 0 Å². The van der Waals surface area contributed by atoms with Gasteiger partial charge in [-0.2, -0.15) is 0 Å². The first-order valence-corrected chi connectivity index (χ1v) is 41.4. The third-order valence-electron chi connectivity index (χ3n) is 20.2. The van der Waals surface area contributed by atoms with Crippen LogP contribution in [-0.2, 0) is 9.59 Å². The van der Waals surface area contributed by atoms with Crippen LogP contribution in [0, 0.1) is 48.2 Å². The fraction of sp³-hybridized carbons (Fsp3) is 0.347. The summed E-state index contributed by atoms with van der Waals surface area (Å²) in [7, 11) is 0. The van der Waals surface area contributed by atoms with Crippen LogP contribution in [0.5, 0.6) is 34.5 Å². The first kappa shape index (κ1) is 89.8. The van der Waals surface area contributed by atoms with E-state index in [4.69, 9.17) is 33.5 Å². The van der Waals surface area contributed by atoms with Crippen molar-refractivity contribution in [1.82, 2.24) is 20.6 Å². The van der Waals surface area contributed by atoms with Crippen LogP contribution < -0.4 is 71.0 Å². The van der Waals surface area contributed by atoms with Crippen LogP contribution in [0.2, 0.25) is 0 Å². The smallest absolute Gasteiger partial charge is 0.255 e. The summed E-state index contributed by atoms with van der Waals surface area (Å²) >= 11 is 0. The average molecular weight is 1660 g/mol. The highest BCUT2D eigenvalue weighted by atomic mass is 19.1. The lowest BCUT2D eigenvalue weighted by Gasteiger charge is -2.28. The topological polar surface area (TPSA) is 354 Å². The van der Waals surface area contributed by atoms with Crippen LogP contribution >= 0.6 is 0 Å². The number of anilines is 6. The van der Waals surface area contributed by atoms with E-state index in [-0.39, 0.29) is 132 Å². The third-order valence-corrected chi connectivity index (χ3v) is 20.2. The fourth-order valence-corrected chi connectivity index (χ4v) is 13.6. The molecule has 12 rings (SSSR count). The molecular formula is C95H107FN10O16. The van der Waals surface area contributed by atoms with Crippen LogP contribution in [0.25, 0.3) is 21.8 Å². The van der Waals surface area contributed by atoms with Gasteiger partial charge in [0.15, 0.2) is 11.6 Å². The molecule has 2 fully saturated rings. The first-order valence-electron chi connectivity index (χ1n) is 41.4. The molecule has 0 saturated heterocycles. The second-order valence-electron chi connectivity index (χ2n) is 32.1. The van der Waals surface area contributed by atoms with E-state index >= 15 is 0 Å². The molecule has 0 atom stereocenters. The van der Waals surface area contributed by atoms with E-state index in [1.54, 1.807) is 91.3 Å². The molecule has 8 aromatic carbocycles. The molecule has 0 aliphatic heterocycles. The Morgan fingerprint density at radius 3 is 1.01 bits per heavy atom. The van der Waals surface area contributed by atoms with Crippen LogP contribution in [0.4, 0.5) is 38.5 Å². The van der Waals surface area contributed by atoms with Gasteiger partial charge in [-0.15, -0.1) is 0 Å². The van der Waals surface area contributed by atoms with Gasteiger partial charge in [0.25, 0.3) is 35.4 Å². The number of aromatic nitrogens is 2. The lowest BCUT2D eigenvalue weighted by atomic mass is 9.85. The number of halogens is 1. The molecule has 640 valence electrons. The van der Waals surface area contributed by atoms with Gasteiger partial charge in [-0.1, -0.05) is 97.9 Å². The first-order chi connectivity index (χ1) is 58.7. The van der Waals surface area contributed by atoms with Gasteiger partial charge in [-0.3, -0.25) is 48.3 Å². The zero-order chi connectivity index (χ0) is 86.9. The average Bonchev–Trinajstić information content (AvgIpc) is 0.822. The lowest BCUT2D eigenvalue weighted by Crippen LogP contribution is -2.39. The van der Waals surface area contributed by atoms with E-state index < -0.39 is 29.4 Å². The Morgan fingerprint density at radius 1 is 0.361 bits per heavy atom. The van der Waals surface area contributed by atoms with Crippen molar-refractivity contribution < 1.29 is 81.4 Å². The number of aryl methyl sites for hydroxylation is 1. The molecular weight excluding hydrogens is 1560 g/mol. The number of carbonyl (C=O) groups excluding carboxylic acids is 8. The van der Waals surface area contributed by atoms with Crippen molar-refractivity contribution in [1.29, 1.82) is 0 Å². The minimum absolute atomic E-state index is 0.0488. The van der Waals surface area contributed by atoms with E-state index in [1.807, 2.05) is 123 Å². The van der Waals surface area contributed by atoms with Gasteiger partial charge in [0.05, 0.1) is 97.2 Å². The molecule has 2 aliphatic carbocycles. The Hall–Kier alpha value is -13.0. The van der Waals surface area contributed by atoms with E-state index in [0.29, 0.717) is 146 Å². The van der Waals surface area contributed by atoms with Gasteiger partial charge in [-0.05, 0) is 215 Å². The quantitative estimate of drug-likeness (QED) is 0.0179. The number of para-hydroxylation sites is 2. The SMILES string of the molecule is CC(C)COc1cc(C(=O)Nc2ccc(C(=O)NC3CCC(C(=O)Nc4cnc5ccccc5c4)CC3)cc2OCC(C)C)ccc1NC(=O)c1ccc(F)c(OCCO)c1.Cc1ccc(C(=O)Nc2ccc(C(=O)Nc3ccc(C(=O)NC4CCC(C(=O)Nc5cnc6ccccc6c5)CC4)cc3OCC(C)C)cc2OCC(C)C)cc1OCCO. The van der Waals surface area contributed by atoms with Gasteiger partial charge in [0.2, 0.25) is 11.8 Å². The summed E-state index contributed by atoms with van der Waals surface area (Å²) < 4.78 is 49.3. The maximum absolute atomic E-state index is 14.2. The molecule has 10 N–H and O–H groups in total. The molecule has 8 amide bonds. The van der Waals surface area contributed by atoms with Gasteiger partial charge in [-0.25, -0.2) is 4.39 Å². The number of nitrogens with one attached hydrogen (secondary N) is 8. The van der Waals surface area contributed by atoms with Crippen molar-refractivity contribution in [2.75, 3.05) is 84.8 Å². The molecule has 26 nitrogen and oxygen atoms in total. The number of benzene rings is 8. The van der Waals surface area contributed by atoms with E-state index in [9.17, 15) is 47.9 Å². The van der Waals surface area contributed by atoms with Crippen LogP contribution in [-0.4, -0.2) is 132 Å². The monoisotopic (exact) mass is 1660 g/mol. The fourth-order valence-electron chi connectivity index (χ4n) is 13.6. The number of fused-ring (bicyclic) bond motifs is 2. The summed E-state index contributed by atoms with van der Waals surface area (Å²) in [5.74, 6) is -1.42. The van der Waals surface area contributed by atoms with Gasteiger partial charge in [0, 0.05) is 68.1 Å². The predicted octanol–water partition coefficient (Wildman–Crippen LogP) is 16.7. The Bertz CT molecular complexity index is 5050. The molecule has 27 heteroatoms. The van der Waals surface area contributed by atoms with E-state index in [1.165, 1.54) is 24.3 Å². The number of ether oxygens (including phenoxy) is 6. The van der Waals surface area contributed by atoms with E-state index in [0.717, 1.165) is 33.4 Å². The molecule has 2 aliphatic rings. The second-order valence-corrected chi connectivity index (χ2v) is 32.1. The Kier molecular flexibility index (Phi) is 31.9. The molecule has 0 unspecified atom stereocenters. The summed E-state index contributed by atoms with van der Waals surface area (Å²) in [6, 6.07) is 47.0. The molecule has 0 radical (unpaired) electrons. The van der Waals surface area contributed by atoms with Crippen molar-refractivity contribution in [2.45, 2.75) is 126 Å². The zero-order valence-corrected chi connectivity index (χ0v) is 70.1. The summed E-state index contributed by atoms with van der Waals surface area (Å²) in [6.07, 6.45) is 8.45. The van der Waals surface area contributed by atoms with E-state index in [2.05, 4.69) is 52.5 Å². The Balaban J connectivity index is 0.000000238. The molecule has 10 aromatic rings. The number of carbonyl (C=O) groups is 8. The van der Waals surface area contributed by atoms with Gasteiger partial charge < -0.3 is 81.2 Å². The number of hydrogen-bond donors (Lipinski definition) is 10. The van der Waals surface area contributed by atoms with Crippen LogP contribution in [0.15, 0.2) is 182 Å². The number of nitrogens with zero attached hydrogens (tertiary/aromatic N) is 2. The lowest BCUT2D eigenvalue weighted by molar-refractivity contribution is -0.121. The molecule has 2 saturated carbocycles. The van der Waals surface area contributed by atoms with Crippen molar-refractivity contribution in [2.24, 2.45) is 35.5 Å². The number of hydrogen-bond acceptors (Lipinski definition) is 18. The van der Waals surface area contributed by atoms with Crippen LogP contribution in [0.1, 0.15) is 174 Å². The number of aliphatic hydroxyl groups is 2. The number of amides is 8. The molecule has 122 heavy (non-hydrogen) atoms. The predicted molar refractivity (Wildman–Crippen MR) is 469 cm³/mol. The number of rotatable bonds is 34. The summed E-state index contributed by atoms with van der Waals surface area (Å²) in [4.78, 5) is 116. The number of aliphatic hydroxyl groups excluding tert-OH is 2. The Morgan fingerprint density at radius 2 is 0.664 bits per heavy atom. The van der Waals surface area contributed by atoms with Crippen molar-refractivity contribution in [3.8, 4) is 34.5 Å². The second kappa shape index (κ2) is 43.3. The highest BCUT2D eigenvalue weighted by Crippen LogP contribution is 2.36. The minimum Gasteiger partial charge on any atom is -0.491 e. The zero-order valence-electron chi connectivity index (χ0n) is 70.1. The standard InChI is InChI=1S/C48H55N5O8.C47H52FN5O8/c1-29(2)27-60-43-24-35(46(56)50-37-16-12-32(13-17-37)45(55)51-38-22-33-8-6-7-9-39(33)49-26-38)14-18-40(43)53-48(58)36-15-19-41(44(25-36)61-28-30(3)4)52-47(57)34-11-10-31(5)42(23-34)59-21-20-54;1-28(2)26-60-42-23-33(45(56)50-35-14-9-30(10-15-35)44(55)51-36-21-31-7-5-6-8-38(31)49-25-36)12-17-39(42)53-47(58)34-13-18-40(43(24-34)61-27-29(3)4)52-46(57)32-11-16-37(48)41(22-32)59-20-19-54/h6-11,14-15,18-19,22-26,29-30,32,37,54H,12-13,16-17,20-21,27-28H2,1-5H3,(H,50,56)(H,51,55)(H,52,57)(H,53,58);5-8,11-13,16-18,21-25,28-30,35,54H,9-10,14-15,19-20,26-27H2,1-4H3,(H,50,56)(H,51,55)(H,52,57)(H,53,58). The molecule has 0 bridgehead atoms. The third kappa shape index (κ3) is 25.5. The van der Waals surface area contributed by atoms with Crippen LogP contribution in [0.3, 0.4) is 0 Å². The normalized spacial score (nSPS) is 15.0. The molecule has 0 spiro atoms. The molecule has 2 aromatic heterocycles.